The molecular weight excluding hydrogens is 402 g/mol. The first-order valence-corrected chi connectivity index (χ1v) is 12.0. The first-order valence-electron chi connectivity index (χ1n) is 10.6. The van der Waals surface area contributed by atoms with Crippen LogP contribution in [0.25, 0.3) is 0 Å². The first kappa shape index (κ1) is 22.5. The fraction of sp³-hybridized carbons (Fsp3) is 0.591. The summed E-state index contributed by atoms with van der Waals surface area (Å²) in [5.74, 6) is 0.775. The van der Waals surface area contributed by atoms with Crippen LogP contribution in [0.3, 0.4) is 0 Å². The number of rotatable bonds is 8. The van der Waals surface area contributed by atoms with Gasteiger partial charge >= 0.3 is 0 Å². The summed E-state index contributed by atoms with van der Waals surface area (Å²) in [7, 11) is 1.59. The minimum atomic E-state index is -0.520. The molecule has 3 amide bonds. The summed E-state index contributed by atoms with van der Waals surface area (Å²) in [5, 5.41) is 2.96. The summed E-state index contributed by atoms with van der Waals surface area (Å²) in [4.78, 5) is 41.9. The molecule has 1 aromatic rings. The van der Waals surface area contributed by atoms with Crippen molar-refractivity contribution in [1.29, 1.82) is 0 Å². The largest absolute Gasteiger partial charge is 0.497 e. The molecule has 1 aromatic carbocycles. The maximum absolute atomic E-state index is 13.0. The van der Waals surface area contributed by atoms with E-state index in [1.165, 1.54) is 0 Å². The molecule has 1 N–H and O–H groups in total. The molecule has 2 saturated heterocycles. The molecule has 2 heterocycles. The van der Waals surface area contributed by atoms with E-state index >= 15 is 0 Å². The molecule has 0 saturated carbocycles. The predicted molar refractivity (Wildman–Crippen MR) is 119 cm³/mol. The molecule has 2 aliphatic rings. The van der Waals surface area contributed by atoms with E-state index in [9.17, 15) is 14.4 Å². The molecule has 3 rings (SSSR count). The highest BCUT2D eigenvalue weighted by molar-refractivity contribution is 7.98. The van der Waals surface area contributed by atoms with Crippen LogP contribution in [-0.2, 0) is 14.4 Å². The van der Waals surface area contributed by atoms with E-state index in [1.807, 2.05) is 23.3 Å². The first-order chi connectivity index (χ1) is 14.5. The SMILES string of the molecule is COc1ccc(N2CC(C(=O)NC(CCSC)C(=O)N3CCCCC3)CC2=O)cc1. The van der Waals surface area contributed by atoms with Crippen molar-refractivity contribution >= 4 is 35.2 Å². The van der Waals surface area contributed by atoms with Crippen molar-refractivity contribution in [2.75, 3.05) is 43.7 Å². The van der Waals surface area contributed by atoms with Gasteiger partial charge in [0.2, 0.25) is 17.7 Å². The lowest BCUT2D eigenvalue weighted by atomic mass is 10.1. The molecule has 164 valence electrons. The molecule has 7 nitrogen and oxygen atoms in total. The minimum Gasteiger partial charge on any atom is -0.497 e. The Morgan fingerprint density at radius 2 is 1.90 bits per heavy atom. The second-order valence-corrected chi connectivity index (χ2v) is 8.82. The smallest absolute Gasteiger partial charge is 0.245 e. The zero-order valence-corrected chi connectivity index (χ0v) is 18.6. The standard InChI is InChI=1S/C22H31N3O4S/c1-29-18-8-6-17(7-9-18)25-15-16(14-20(25)26)21(27)23-19(10-13-30-2)22(28)24-11-4-3-5-12-24/h6-9,16,19H,3-5,10-15H2,1-2H3,(H,23,27). The number of piperidine rings is 1. The van der Waals surface area contributed by atoms with Crippen LogP contribution >= 0.6 is 11.8 Å². The Labute approximate surface area is 182 Å². The summed E-state index contributed by atoms with van der Waals surface area (Å²) in [6.45, 7) is 1.85. The third-order valence-corrected chi connectivity index (χ3v) is 6.42. The lowest BCUT2D eigenvalue weighted by Gasteiger charge is -2.31. The third-order valence-electron chi connectivity index (χ3n) is 5.77. The number of hydrogen-bond donors (Lipinski definition) is 1. The van der Waals surface area contributed by atoms with Gasteiger partial charge in [-0.05, 0) is 62.0 Å². The molecule has 30 heavy (non-hydrogen) atoms. The monoisotopic (exact) mass is 433 g/mol. The molecule has 2 unspecified atom stereocenters. The van der Waals surface area contributed by atoms with Crippen molar-refractivity contribution in [2.45, 2.75) is 38.1 Å². The average Bonchev–Trinajstić information content (AvgIpc) is 3.18. The van der Waals surface area contributed by atoms with Gasteiger partial charge in [-0.2, -0.15) is 11.8 Å². The number of thioether (sulfide) groups is 1. The van der Waals surface area contributed by atoms with Crippen LogP contribution in [-0.4, -0.2) is 67.4 Å². The van der Waals surface area contributed by atoms with Gasteiger partial charge < -0.3 is 19.9 Å². The van der Waals surface area contributed by atoms with Crippen LogP contribution in [0, 0.1) is 5.92 Å². The van der Waals surface area contributed by atoms with E-state index < -0.39 is 12.0 Å². The molecule has 0 radical (unpaired) electrons. The van der Waals surface area contributed by atoms with Crippen molar-refractivity contribution in [3.05, 3.63) is 24.3 Å². The number of carbonyl (C=O) groups excluding carboxylic acids is 3. The second-order valence-electron chi connectivity index (χ2n) is 7.83. The average molecular weight is 434 g/mol. The van der Waals surface area contributed by atoms with E-state index in [1.54, 1.807) is 35.9 Å². The Balaban J connectivity index is 1.63. The number of likely N-dealkylation sites (tertiary alicyclic amines) is 1. The summed E-state index contributed by atoms with van der Waals surface area (Å²) in [6, 6.07) is 6.71. The molecule has 2 fully saturated rings. The number of hydrogen-bond acceptors (Lipinski definition) is 5. The maximum atomic E-state index is 13.0. The highest BCUT2D eigenvalue weighted by atomic mass is 32.2. The number of nitrogens with zero attached hydrogens (tertiary/aromatic N) is 2. The van der Waals surface area contributed by atoms with Crippen LogP contribution in [0.1, 0.15) is 32.1 Å². The highest BCUT2D eigenvalue weighted by Crippen LogP contribution is 2.27. The summed E-state index contributed by atoms with van der Waals surface area (Å²) in [6.07, 6.45) is 5.94. The molecular formula is C22H31N3O4S. The van der Waals surface area contributed by atoms with Gasteiger partial charge in [0.1, 0.15) is 11.8 Å². The lowest BCUT2D eigenvalue weighted by Crippen LogP contribution is -2.51. The highest BCUT2D eigenvalue weighted by Gasteiger charge is 2.37. The van der Waals surface area contributed by atoms with Crippen molar-refractivity contribution in [2.24, 2.45) is 5.92 Å². The van der Waals surface area contributed by atoms with Gasteiger partial charge in [-0.25, -0.2) is 0 Å². The van der Waals surface area contributed by atoms with Crippen LogP contribution in [0.15, 0.2) is 24.3 Å². The fourth-order valence-electron chi connectivity index (χ4n) is 4.01. The van der Waals surface area contributed by atoms with Crippen molar-refractivity contribution in [3.63, 3.8) is 0 Å². The molecule has 0 aromatic heterocycles. The van der Waals surface area contributed by atoms with Gasteiger partial charge in [-0.1, -0.05) is 0 Å². The quantitative estimate of drug-likeness (QED) is 0.681. The second kappa shape index (κ2) is 10.7. The van der Waals surface area contributed by atoms with Crippen molar-refractivity contribution < 1.29 is 19.1 Å². The topological polar surface area (TPSA) is 79.0 Å². The van der Waals surface area contributed by atoms with Crippen molar-refractivity contribution in [3.8, 4) is 5.75 Å². The number of benzene rings is 1. The Bertz CT molecular complexity index is 749. The summed E-state index contributed by atoms with van der Waals surface area (Å²) >= 11 is 1.66. The summed E-state index contributed by atoms with van der Waals surface area (Å²) < 4.78 is 5.16. The Hall–Kier alpha value is -2.22. The number of anilines is 1. The Morgan fingerprint density at radius 3 is 2.53 bits per heavy atom. The van der Waals surface area contributed by atoms with E-state index in [0.29, 0.717) is 18.7 Å². The van der Waals surface area contributed by atoms with E-state index in [4.69, 9.17) is 4.74 Å². The molecule has 2 atom stereocenters. The molecule has 0 spiro atoms. The third kappa shape index (κ3) is 5.47. The Morgan fingerprint density at radius 1 is 1.20 bits per heavy atom. The summed E-state index contributed by atoms with van der Waals surface area (Å²) in [5.41, 5.74) is 0.749. The minimum absolute atomic E-state index is 0.00781. The lowest BCUT2D eigenvalue weighted by molar-refractivity contribution is -0.138. The number of amides is 3. The predicted octanol–water partition coefficient (Wildman–Crippen LogP) is 2.30. The zero-order chi connectivity index (χ0) is 21.5. The van der Waals surface area contributed by atoms with E-state index in [-0.39, 0.29) is 24.1 Å². The number of methoxy groups -OCH3 is 1. The number of ether oxygens (including phenoxy) is 1. The fourth-order valence-corrected chi connectivity index (χ4v) is 4.48. The van der Waals surface area contributed by atoms with Gasteiger partial charge in [0.15, 0.2) is 0 Å². The van der Waals surface area contributed by atoms with Crippen LogP contribution in [0.2, 0.25) is 0 Å². The zero-order valence-electron chi connectivity index (χ0n) is 17.8. The normalized spacial score (nSPS) is 20.2. The van der Waals surface area contributed by atoms with Crippen molar-refractivity contribution in [1.82, 2.24) is 10.2 Å². The molecule has 0 aliphatic carbocycles. The molecule has 0 bridgehead atoms. The molecule has 2 aliphatic heterocycles. The van der Waals surface area contributed by atoms with Gasteiger partial charge in [0, 0.05) is 31.7 Å². The van der Waals surface area contributed by atoms with E-state index in [2.05, 4.69) is 5.32 Å². The molecule has 8 heteroatoms. The van der Waals surface area contributed by atoms with Crippen LogP contribution < -0.4 is 15.0 Å². The van der Waals surface area contributed by atoms with Gasteiger partial charge in [0.05, 0.1) is 13.0 Å². The van der Waals surface area contributed by atoms with Gasteiger partial charge in [0.25, 0.3) is 0 Å². The Kier molecular flexibility index (Phi) is 8.01. The maximum Gasteiger partial charge on any atom is 0.245 e. The van der Waals surface area contributed by atoms with E-state index in [0.717, 1.165) is 43.8 Å². The van der Waals surface area contributed by atoms with Crippen LogP contribution in [0.5, 0.6) is 5.75 Å². The van der Waals surface area contributed by atoms with Crippen LogP contribution in [0.4, 0.5) is 5.69 Å². The van der Waals surface area contributed by atoms with Gasteiger partial charge in [-0.15, -0.1) is 0 Å². The number of nitrogens with one attached hydrogen (secondary N) is 1. The van der Waals surface area contributed by atoms with Gasteiger partial charge in [-0.3, -0.25) is 14.4 Å². The number of carbonyl (C=O) groups is 3.